The maximum atomic E-state index is 3.36. The highest BCUT2D eigenvalue weighted by Gasteiger charge is 1.57. The minimum atomic E-state index is 1.75. The average Bonchev–Trinajstić information content (AvgIpc) is 2.54. The molecular formula is C24H42. The zero-order valence-electron chi connectivity index (χ0n) is 17.2. The van der Waals surface area contributed by atoms with Gasteiger partial charge in [-0.25, -0.2) is 0 Å². The summed E-state index contributed by atoms with van der Waals surface area (Å²) in [5.74, 6) is 0. The number of hydrogen-bond donors (Lipinski definition) is 0. The van der Waals surface area contributed by atoms with Crippen molar-refractivity contribution in [3.05, 3.63) is 112 Å². The van der Waals surface area contributed by atoms with Crippen LogP contribution in [0.3, 0.4) is 0 Å². The van der Waals surface area contributed by atoms with E-state index in [4.69, 9.17) is 0 Å². The van der Waals surface area contributed by atoms with Crippen LogP contribution in [0.5, 0.6) is 0 Å². The first kappa shape index (κ1) is 37.7. The van der Waals surface area contributed by atoms with Crippen LogP contribution in [0.1, 0.15) is 41.5 Å². The molecule has 1 aromatic carbocycles. The second-order valence-electron chi connectivity index (χ2n) is 3.60. The highest BCUT2D eigenvalue weighted by molar-refractivity contribution is 4.99. The zero-order chi connectivity index (χ0) is 20.5. The van der Waals surface area contributed by atoms with Gasteiger partial charge in [0.25, 0.3) is 0 Å². The second kappa shape index (κ2) is 85.6. The van der Waals surface area contributed by atoms with Crippen LogP contribution < -0.4 is 0 Å². The summed E-state index contributed by atoms with van der Waals surface area (Å²) >= 11 is 0. The normalized spacial score (nSPS) is 5.25. The molecule has 1 rings (SSSR count). The van der Waals surface area contributed by atoms with E-state index in [0.29, 0.717) is 0 Å². The van der Waals surface area contributed by atoms with Crippen LogP contribution in [0.15, 0.2) is 112 Å². The third-order valence-corrected chi connectivity index (χ3v) is 0.667. The van der Waals surface area contributed by atoms with E-state index in [0.717, 1.165) is 0 Å². The van der Waals surface area contributed by atoms with Crippen molar-refractivity contribution in [2.75, 3.05) is 0 Å². The van der Waals surface area contributed by atoms with Crippen LogP contribution in [0.4, 0.5) is 0 Å². The monoisotopic (exact) mass is 330 g/mol. The summed E-state index contributed by atoms with van der Waals surface area (Å²) in [4.78, 5) is 0. The number of benzene rings is 1. The smallest absolute Gasteiger partial charge is 0.0473 e. The molecule has 24 heavy (non-hydrogen) atoms. The Balaban J connectivity index is -0.0000000407. The van der Waals surface area contributed by atoms with E-state index in [2.05, 4.69) is 39.5 Å². The van der Waals surface area contributed by atoms with Crippen LogP contribution in [-0.2, 0) is 0 Å². The summed E-state index contributed by atoms with van der Waals surface area (Å²) in [6.45, 7) is 31.5. The largest absolute Gasteiger partial charge is 0.103 e. The van der Waals surface area contributed by atoms with Crippen LogP contribution in [0.25, 0.3) is 0 Å². The van der Waals surface area contributed by atoms with Gasteiger partial charge in [0, 0.05) is 0 Å². The van der Waals surface area contributed by atoms with Gasteiger partial charge in [0.1, 0.15) is 0 Å². The molecule has 0 radical (unpaired) electrons. The zero-order valence-corrected chi connectivity index (χ0v) is 17.2. The molecule has 0 saturated carbocycles. The van der Waals surface area contributed by atoms with E-state index in [1.807, 2.05) is 77.9 Å². The van der Waals surface area contributed by atoms with Gasteiger partial charge >= 0.3 is 0 Å². The van der Waals surface area contributed by atoms with E-state index >= 15 is 0 Å². The molecule has 0 fully saturated rings. The van der Waals surface area contributed by atoms with E-state index in [1.54, 1.807) is 36.5 Å². The molecule has 0 aliphatic rings. The molecule has 0 nitrogen and oxygen atoms in total. The summed E-state index contributed by atoms with van der Waals surface area (Å²) in [7, 11) is 0. The Hall–Kier alpha value is -2.34. The lowest BCUT2D eigenvalue weighted by Crippen LogP contribution is -1.47. The Labute approximate surface area is 154 Å². The number of rotatable bonds is 0. The maximum absolute atomic E-state index is 3.36. The maximum Gasteiger partial charge on any atom is -0.0473 e. The lowest BCUT2D eigenvalue weighted by Gasteiger charge is -1.69. The van der Waals surface area contributed by atoms with Crippen molar-refractivity contribution < 1.29 is 0 Å². The molecule has 0 bridgehead atoms. The van der Waals surface area contributed by atoms with Crippen LogP contribution in [0.2, 0.25) is 0 Å². The number of hydrogen-bond acceptors (Lipinski definition) is 0. The molecule has 0 atom stereocenters. The van der Waals surface area contributed by atoms with Crippen molar-refractivity contribution >= 4 is 0 Å². The van der Waals surface area contributed by atoms with E-state index in [-0.39, 0.29) is 0 Å². The van der Waals surface area contributed by atoms with E-state index in [1.165, 1.54) is 0 Å². The molecule has 1 aromatic rings. The SMILES string of the molecule is C=CC.C=CC.C=CC.C=CC.C=CC.C=CC.c1ccccc1. The first-order valence-electron chi connectivity index (χ1n) is 7.91. The van der Waals surface area contributed by atoms with Crippen molar-refractivity contribution in [2.24, 2.45) is 0 Å². The quantitative estimate of drug-likeness (QED) is 0.417. The Morgan fingerprint density at radius 1 is 0.333 bits per heavy atom. The predicted octanol–water partition coefficient (Wildman–Crippen LogP) is 8.84. The lowest BCUT2D eigenvalue weighted by atomic mass is 10.4. The summed E-state index contributed by atoms with van der Waals surface area (Å²) in [5.41, 5.74) is 0. The fraction of sp³-hybridized carbons (Fsp3) is 0.250. The summed E-state index contributed by atoms with van der Waals surface area (Å²) in [6, 6.07) is 12.0. The van der Waals surface area contributed by atoms with E-state index in [9.17, 15) is 0 Å². The van der Waals surface area contributed by atoms with Crippen LogP contribution in [0, 0.1) is 0 Å². The van der Waals surface area contributed by atoms with Gasteiger partial charge in [0.15, 0.2) is 0 Å². The standard InChI is InChI=1S/C6H6.6C3H6/c1-2-4-6-5-3-1;6*1-3-2/h1-6H;6*3H,1H2,2H3. The Kier molecular flexibility index (Phi) is 134. The van der Waals surface area contributed by atoms with Gasteiger partial charge < -0.3 is 0 Å². The molecule has 0 spiro atoms. The molecule has 0 heteroatoms. The van der Waals surface area contributed by atoms with Crippen molar-refractivity contribution in [3.63, 3.8) is 0 Å². The third kappa shape index (κ3) is 511. The summed E-state index contributed by atoms with van der Waals surface area (Å²) in [6.07, 6.45) is 10.5. The predicted molar refractivity (Wildman–Crippen MR) is 122 cm³/mol. The van der Waals surface area contributed by atoms with Gasteiger partial charge in [-0.1, -0.05) is 72.9 Å². The molecule has 0 aromatic heterocycles. The Morgan fingerprint density at radius 2 is 0.375 bits per heavy atom. The highest BCUT2D eigenvalue weighted by atomic mass is 13.6. The number of allylic oxidation sites excluding steroid dienone is 6. The van der Waals surface area contributed by atoms with Crippen LogP contribution >= 0.6 is 0 Å². The second-order valence-corrected chi connectivity index (χ2v) is 3.60. The average molecular weight is 331 g/mol. The van der Waals surface area contributed by atoms with Gasteiger partial charge in [-0.15, -0.1) is 39.5 Å². The Bertz CT molecular complexity index is 231. The van der Waals surface area contributed by atoms with Gasteiger partial charge in [0.2, 0.25) is 0 Å². The first-order chi connectivity index (χ1) is 11.5. The molecule has 0 saturated heterocycles. The third-order valence-electron chi connectivity index (χ3n) is 0.667. The first-order valence-corrected chi connectivity index (χ1v) is 7.91. The minimum absolute atomic E-state index is 1.75. The van der Waals surface area contributed by atoms with E-state index < -0.39 is 0 Å². The Morgan fingerprint density at radius 3 is 0.417 bits per heavy atom. The fourth-order valence-corrected chi connectivity index (χ4v) is 0.385. The molecule has 0 unspecified atom stereocenters. The van der Waals surface area contributed by atoms with Crippen molar-refractivity contribution in [1.82, 2.24) is 0 Å². The summed E-state index contributed by atoms with van der Waals surface area (Å²) in [5, 5.41) is 0. The van der Waals surface area contributed by atoms with Gasteiger partial charge in [0.05, 0.1) is 0 Å². The van der Waals surface area contributed by atoms with Gasteiger partial charge in [-0.05, 0) is 41.5 Å². The molecular weight excluding hydrogens is 288 g/mol. The van der Waals surface area contributed by atoms with Crippen molar-refractivity contribution in [1.29, 1.82) is 0 Å². The van der Waals surface area contributed by atoms with Crippen molar-refractivity contribution in [3.8, 4) is 0 Å². The van der Waals surface area contributed by atoms with Gasteiger partial charge in [-0.2, -0.15) is 0 Å². The minimum Gasteiger partial charge on any atom is -0.103 e. The molecule has 0 aliphatic carbocycles. The molecule has 0 aliphatic heterocycles. The van der Waals surface area contributed by atoms with Gasteiger partial charge in [-0.3, -0.25) is 0 Å². The topological polar surface area (TPSA) is 0 Å². The highest BCUT2D eigenvalue weighted by Crippen LogP contribution is 1.79. The lowest BCUT2D eigenvalue weighted by molar-refractivity contribution is 1.72. The molecule has 0 amide bonds. The molecule has 0 heterocycles. The van der Waals surface area contributed by atoms with Crippen molar-refractivity contribution in [2.45, 2.75) is 41.5 Å². The van der Waals surface area contributed by atoms with Crippen LogP contribution in [-0.4, -0.2) is 0 Å². The molecule has 0 N–H and O–H groups in total. The molecule has 138 valence electrons. The fourth-order valence-electron chi connectivity index (χ4n) is 0.385. The summed E-state index contributed by atoms with van der Waals surface area (Å²) < 4.78 is 0.